The Labute approximate surface area is 120 Å². The number of sulfonamides is 1. The van der Waals surface area contributed by atoms with E-state index < -0.39 is 26.5 Å². The Morgan fingerprint density at radius 3 is 2.76 bits per heavy atom. The van der Waals surface area contributed by atoms with Crippen LogP contribution < -0.4 is 15.8 Å². The van der Waals surface area contributed by atoms with Gasteiger partial charge in [0, 0.05) is 13.1 Å². The summed E-state index contributed by atoms with van der Waals surface area (Å²) in [7, 11) is -3.48. The Balaban J connectivity index is 2.77. The second-order valence-corrected chi connectivity index (χ2v) is 5.88. The Morgan fingerprint density at radius 2 is 2.19 bits per heavy atom. The van der Waals surface area contributed by atoms with Gasteiger partial charge < -0.3 is 11.1 Å². The Hall–Kier alpha value is -2.27. The predicted molar refractivity (Wildman–Crippen MR) is 75.1 cm³/mol. The lowest BCUT2D eigenvalue weighted by Gasteiger charge is -2.07. The summed E-state index contributed by atoms with van der Waals surface area (Å²) < 4.78 is 25.0. The molecule has 1 heterocycles. The first kappa shape index (κ1) is 16.8. The number of nitrogens with two attached hydrogens (primary N) is 1. The average Bonchev–Trinajstić information content (AvgIpc) is 2.37. The Morgan fingerprint density at radius 1 is 1.52 bits per heavy atom. The summed E-state index contributed by atoms with van der Waals surface area (Å²) >= 11 is 0. The molecule has 0 bridgehead atoms. The highest BCUT2D eigenvalue weighted by Crippen LogP contribution is 2.18. The molecule has 0 saturated carbocycles. The molecule has 1 amide bonds. The van der Waals surface area contributed by atoms with Crippen molar-refractivity contribution in [2.75, 3.05) is 24.6 Å². The number of carbonyl (C=O) groups excluding carboxylic acids is 1. The fourth-order valence-electron chi connectivity index (χ4n) is 1.48. The van der Waals surface area contributed by atoms with Crippen LogP contribution >= 0.6 is 0 Å². The molecule has 0 atom stereocenters. The Kier molecular flexibility index (Phi) is 5.55. The second-order valence-electron chi connectivity index (χ2n) is 3.96. The lowest BCUT2D eigenvalue weighted by atomic mass is 10.2. The fourth-order valence-corrected chi connectivity index (χ4v) is 2.43. The van der Waals surface area contributed by atoms with Crippen LogP contribution in [0.2, 0.25) is 0 Å². The summed E-state index contributed by atoms with van der Waals surface area (Å²) in [5, 5.41) is 13.1. The van der Waals surface area contributed by atoms with E-state index in [4.69, 9.17) is 5.73 Å². The summed E-state index contributed by atoms with van der Waals surface area (Å²) in [5.74, 6) is -1.17. The molecule has 0 fully saturated rings. The molecular formula is C10H15N5O5S. The molecule has 0 aromatic carbocycles. The number of hydrogen-bond acceptors (Lipinski definition) is 7. The van der Waals surface area contributed by atoms with E-state index in [2.05, 4.69) is 15.0 Å². The smallest absolute Gasteiger partial charge is 0.300 e. The van der Waals surface area contributed by atoms with Crippen LogP contribution in [0, 0.1) is 10.1 Å². The SMILES string of the molecule is CCNS(=O)(=O)CCNC(=O)c1cc(N)ncc1[N+](=O)[O-]. The van der Waals surface area contributed by atoms with Gasteiger partial charge in [0.25, 0.3) is 11.6 Å². The number of aromatic nitrogens is 1. The first-order chi connectivity index (χ1) is 9.76. The topological polar surface area (TPSA) is 157 Å². The molecule has 0 radical (unpaired) electrons. The Bertz CT molecular complexity index is 645. The number of nitrogen functional groups attached to an aromatic ring is 1. The molecule has 116 valence electrons. The molecule has 0 aliphatic carbocycles. The predicted octanol–water partition coefficient (Wildman–Crippen LogP) is -0.759. The maximum atomic E-state index is 11.9. The highest BCUT2D eigenvalue weighted by Gasteiger charge is 2.21. The zero-order valence-corrected chi connectivity index (χ0v) is 12.0. The molecule has 1 aromatic rings. The molecule has 0 aliphatic heterocycles. The van der Waals surface area contributed by atoms with Gasteiger partial charge in [0.05, 0.1) is 10.7 Å². The van der Waals surface area contributed by atoms with Gasteiger partial charge in [-0.3, -0.25) is 14.9 Å². The van der Waals surface area contributed by atoms with Gasteiger partial charge in [-0.1, -0.05) is 6.92 Å². The zero-order valence-electron chi connectivity index (χ0n) is 11.2. The summed E-state index contributed by atoms with van der Waals surface area (Å²) in [6.45, 7) is 1.68. The summed E-state index contributed by atoms with van der Waals surface area (Å²) in [5.41, 5.74) is 4.61. The van der Waals surface area contributed by atoms with Crippen LogP contribution in [-0.2, 0) is 10.0 Å². The molecule has 0 unspecified atom stereocenters. The number of nitrogens with zero attached hydrogens (tertiary/aromatic N) is 2. The van der Waals surface area contributed by atoms with Gasteiger partial charge in [-0.2, -0.15) is 0 Å². The second kappa shape index (κ2) is 6.95. The first-order valence-electron chi connectivity index (χ1n) is 5.92. The highest BCUT2D eigenvalue weighted by atomic mass is 32.2. The van der Waals surface area contributed by atoms with E-state index in [9.17, 15) is 23.3 Å². The van der Waals surface area contributed by atoms with Gasteiger partial charge in [0.1, 0.15) is 17.6 Å². The standard InChI is InChI=1S/C10H15N5O5S/c1-2-14-21(19,20)4-3-12-10(16)7-5-9(11)13-6-8(7)15(17)18/h5-6,14H,2-4H2,1H3,(H2,11,13)(H,12,16). The van der Waals surface area contributed by atoms with Crippen molar-refractivity contribution >= 4 is 27.4 Å². The number of nitro groups is 1. The minimum Gasteiger partial charge on any atom is -0.384 e. The lowest BCUT2D eigenvalue weighted by molar-refractivity contribution is -0.385. The van der Waals surface area contributed by atoms with Crippen LogP contribution in [0.3, 0.4) is 0 Å². The summed E-state index contributed by atoms with van der Waals surface area (Å²) in [6.07, 6.45) is 0.875. The van der Waals surface area contributed by atoms with Crippen molar-refractivity contribution in [1.29, 1.82) is 0 Å². The first-order valence-corrected chi connectivity index (χ1v) is 7.57. The zero-order chi connectivity index (χ0) is 16.0. The van der Waals surface area contributed by atoms with Crippen LogP contribution in [0.25, 0.3) is 0 Å². The van der Waals surface area contributed by atoms with Crippen LogP contribution in [0.15, 0.2) is 12.3 Å². The van der Waals surface area contributed by atoms with Crippen molar-refractivity contribution in [1.82, 2.24) is 15.0 Å². The fraction of sp³-hybridized carbons (Fsp3) is 0.400. The van der Waals surface area contributed by atoms with E-state index in [1.165, 1.54) is 0 Å². The molecule has 0 aliphatic rings. The molecule has 1 rings (SSSR count). The maximum Gasteiger partial charge on any atom is 0.300 e. The third kappa shape index (κ3) is 4.96. The quantitative estimate of drug-likeness (QED) is 0.440. The van der Waals surface area contributed by atoms with Crippen molar-refractivity contribution in [3.05, 3.63) is 27.9 Å². The van der Waals surface area contributed by atoms with E-state index in [0.29, 0.717) is 0 Å². The third-order valence-electron chi connectivity index (χ3n) is 2.37. The number of anilines is 1. The van der Waals surface area contributed by atoms with Gasteiger partial charge >= 0.3 is 0 Å². The molecule has 11 heteroatoms. The van der Waals surface area contributed by atoms with Crippen molar-refractivity contribution < 1.29 is 18.1 Å². The molecular weight excluding hydrogens is 302 g/mol. The minimum atomic E-state index is -3.48. The molecule has 4 N–H and O–H groups in total. The third-order valence-corrected chi connectivity index (χ3v) is 3.84. The number of nitrogens with one attached hydrogen (secondary N) is 2. The van der Waals surface area contributed by atoms with Crippen LogP contribution in [-0.4, -0.2) is 43.1 Å². The number of rotatable bonds is 7. The van der Waals surface area contributed by atoms with Crippen molar-refractivity contribution in [3.8, 4) is 0 Å². The molecule has 0 saturated heterocycles. The van der Waals surface area contributed by atoms with Gasteiger partial charge in [0.15, 0.2) is 0 Å². The number of carbonyl (C=O) groups is 1. The number of pyridine rings is 1. The van der Waals surface area contributed by atoms with Gasteiger partial charge in [-0.15, -0.1) is 0 Å². The summed E-state index contributed by atoms with van der Waals surface area (Å²) in [6, 6.07) is 1.06. The lowest BCUT2D eigenvalue weighted by Crippen LogP contribution is -2.34. The van der Waals surface area contributed by atoms with Gasteiger partial charge in [-0.05, 0) is 6.07 Å². The number of amides is 1. The van der Waals surface area contributed by atoms with Crippen molar-refractivity contribution in [3.63, 3.8) is 0 Å². The monoisotopic (exact) mass is 317 g/mol. The van der Waals surface area contributed by atoms with Crippen molar-refractivity contribution in [2.24, 2.45) is 0 Å². The van der Waals surface area contributed by atoms with Gasteiger partial charge in [0.2, 0.25) is 10.0 Å². The van der Waals surface area contributed by atoms with E-state index in [-0.39, 0.29) is 30.2 Å². The molecule has 21 heavy (non-hydrogen) atoms. The largest absolute Gasteiger partial charge is 0.384 e. The van der Waals surface area contributed by atoms with E-state index in [1.54, 1.807) is 6.92 Å². The molecule has 0 spiro atoms. The number of hydrogen-bond donors (Lipinski definition) is 3. The average molecular weight is 317 g/mol. The normalized spacial score (nSPS) is 11.1. The van der Waals surface area contributed by atoms with Crippen LogP contribution in [0.4, 0.5) is 11.5 Å². The van der Waals surface area contributed by atoms with E-state index in [0.717, 1.165) is 12.3 Å². The van der Waals surface area contributed by atoms with E-state index >= 15 is 0 Å². The van der Waals surface area contributed by atoms with Crippen LogP contribution in [0.5, 0.6) is 0 Å². The van der Waals surface area contributed by atoms with Crippen molar-refractivity contribution in [2.45, 2.75) is 6.92 Å². The molecule has 10 nitrogen and oxygen atoms in total. The van der Waals surface area contributed by atoms with Gasteiger partial charge in [-0.25, -0.2) is 18.1 Å². The summed E-state index contributed by atoms with van der Waals surface area (Å²) in [4.78, 5) is 25.4. The maximum absolute atomic E-state index is 11.9. The molecule has 1 aromatic heterocycles. The minimum absolute atomic E-state index is 0.0500. The van der Waals surface area contributed by atoms with E-state index in [1.807, 2.05) is 0 Å². The van der Waals surface area contributed by atoms with Crippen LogP contribution in [0.1, 0.15) is 17.3 Å². The highest BCUT2D eigenvalue weighted by molar-refractivity contribution is 7.89.